The second kappa shape index (κ2) is 7.74. The van der Waals surface area contributed by atoms with Crippen LogP contribution in [-0.2, 0) is 21.0 Å². The van der Waals surface area contributed by atoms with E-state index in [-0.39, 0.29) is 10.1 Å². The molecule has 0 radical (unpaired) electrons. The zero-order chi connectivity index (χ0) is 19.6. The largest absolute Gasteiger partial charge is 0.269 e. The van der Waals surface area contributed by atoms with E-state index in [1.54, 1.807) is 55.5 Å². The Balaban J connectivity index is 2.08. The molecule has 1 aromatic carbocycles. The van der Waals surface area contributed by atoms with Crippen LogP contribution in [-0.4, -0.2) is 32.5 Å². The Morgan fingerprint density at radius 1 is 1.19 bits per heavy atom. The quantitative estimate of drug-likeness (QED) is 0.590. The third kappa shape index (κ3) is 3.86. The Bertz CT molecular complexity index is 1120. The van der Waals surface area contributed by atoms with Gasteiger partial charge in [-0.25, -0.2) is 21.6 Å². The van der Waals surface area contributed by atoms with Gasteiger partial charge in [0.1, 0.15) is 11.0 Å². The molecule has 0 aliphatic heterocycles. The maximum atomic E-state index is 12.9. The lowest BCUT2D eigenvalue weighted by Crippen LogP contribution is -2.13. The average Bonchev–Trinajstić information content (AvgIpc) is 3.11. The van der Waals surface area contributed by atoms with Crippen molar-refractivity contribution >= 4 is 37.8 Å². The highest BCUT2D eigenvalue weighted by Gasteiger charge is 2.20. The van der Waals surface area contributed by atoms with Gasteiger partial charge in [-0.15, -0.1) is 0 Å². The number of hydrogen-bond acceptors (Lipinski definition) is 4. The number of pyridine rings is 1. The number of aromatic nitrogens is 2. The van der Waals surface area contributed by atoms with E-state index in [1.165, 1.54) is 10.2 Å². The predicted molar refractivity (Wildman–Crippen MR) is 109 cm³/mol. The Kier molecular flexibility index (Phi) is 5.57. The van der Waals surface area contributed by atoms with Crippen LogP contribution < -0.4 is 0 Å². The van der Waals surface area contributed by atoms with Crippen LogP contribution in [0.2, 0.25) is 0 Å². The number of nitrogens with zero attached hydrogens (tertiary/aromatic N) is 3. The summed E-state index contributed by atoms with van der Waals surface area (Å²) in [5.74, 6) is 0. The third-order valence-electron chi connectivity index (χ3n) is 4.32. The highest BCUT2D eigenvalue weighted by atomic mass is 32.2. The van der Waals surface area contributed by atoms with E-state index in [1.807, 2.05) is 13.8 Å². The summed E-state index contributed by atoms with van der Waals surface area (Å²) in [5, 5.41) is 0.653. The maximum Gasteiger partial charge on any atom is 0.269 e. The van der Waals surface area contributed by atoms with Crippen molar-refractivity contribution in [1.29, 1.82) is 0 Å². The Hall–Kier alpha value is -2.32. The summed E-state index contributed by atoms with van der Waals surface area (Å²) < 4.78 is 43.5. The molecule has 6 nitrogen and oxygen atoms in total. The lowest BCUT2D eigenvalue weighted by Gasteiger charge is -2.08. The van der Waals surface area contributed by atoms with Crippen LogP contribution in [0.15, 0.2) is 64.0 Å². The van der Waals surface area contributed by atoms with Crippen molar-refractivity contribution in [2.75, 3.05) is 0 Å². The van der Waals surface area contributed by atoms with Gasteiger partial charge in [0.2, 0.25) is 0 Å². The molecular formula is C19H21N3O3S2. The molecule has 1 unspecified atom stereocenters. The molecule has 2 heterocycles. The Morgan fingerprint density at radius 2 is 1.89 bits per heavy atom. The van der Waals surface area contributed by atoms with E-state index in [4.69, 9.17) is 0 Å². The molecule has 142 valence electrons. The molecule has 3 rings (SSSR count). The minimum Gasteiger partial charge on any atom is -0.235 e. The molecular weight excluding hydrogens is 382 g/mol. The van der Waals surface area contributed by atoms with Gasteiger partial charge in [0.05, 0.1) is 21.6 Å². The van der Waals surface area contributed by atoms with Crippen molar-refractivity contribution in [3.8, 4) is 0 Å². The number of fused-ring (bicyclic) bond motifs is 1. The zero-order valence-electron chi connectivity index (χ0n) is 15.4. The summed E-state index contributed by atoms with van der Waals surface area (Å²) in [7, 11) is -5.10. The van der Waals surface area contributed by atoms with Gasteiger partial charge in [-0.3, -0.25) is 0 Å². The molecule has 0 saturated carbocycles. The first-order valence-electron chi connectivity index (χ1n) is 8.59. The summed E-state index contributed by atoms with van der Waals surface area (Å²) in [6, 6.07) is 13.5. The van der Waals surface area contributed by atoms with Crippen LogP contribution in [0.3, 0.4) is 0 Å². The molecule has 2 atom stereocenters. The van der Waals surface area contributed by atoms with E-state index >= 15 is 0 Å². The van der Waals surface area contributed by atoms with Crippen LogP contribution in [0.1, 0.15) is 32.9 Å². The number of benzene rings is 1. The first-order valence-corrected chi connectivity index (χ1v) is 11.2. The van der Waals surface area contributed by atoms with Crippen molar-refractivity contribution in [3.05, 3.63) is 60.4 Å². The monoisotopic (exact) mass is 403 g/mol. The molecule has 0 fully saturated rings. The highest BCUT2D eigenvalue weighted by molar-refractivity contribution is 7.90. The summed E-state index contributed by atoms with van der Waals surface area (Å²) in [6.45, 7) is 5.56. The van der Waals surface area contributed by atoms with Crippen LogP contribution >= 0.6 is 0 Å². The minimum atomic E-state index is -3.75. The van der Waals surface area contributed by atoms with Crippen molar-refractivity contribution in [2.45, 2.75) is 37.3 Å². The van der Waals surface area contributed by atoms with E-state index < -0.39 is 21.0 Å². The van der Waals surface area contributed by atoms with Crippen LogP contribution in [0.4, 0.5) is 0 Å². The predicted octanol–water partition coefficient (Wildman–Crippen LogP) is 3.54. The smallest absolute Gasteiger partial charge is 0.235 e. The molecule has 0 amide bonds. The van der Waals surface area contributed by atoms with Crippen LogP contribution in [0, 0.1) is 0 Å². The third-order valence-corrected chi connectivity index (χ3v) is 7.48. The Labute approximate surface area is 161 Å². The second-order valence-electron chi connectivity index (χ2n) is 6.21. The van der Waals surface area contributed by atoms with E-state index in [0.29, 0.717) is 22.4 Å². The molecule has 0 bridgehead atoms. The average molecular weight is 404 g/mol. The van der Waals surface area contributed by atoms with Gasteiger partial charge < -0.3 is 0 Å². The van der Waals surface area contributed by atoms with Gasteiger partial charge in [-0.05, 0) is 50.6 Å². The molecule has 0 aliphatic carbocycles. The Morgan fingerprint density at radius 3 is 2.56 bits per heavy atom. The van der Waals surface area contributed by atoms with Gasteiger partial charge in [0, 0.05) is 11.6 Å². The van der Waals surface area contributed by atoms with Gasteiger partial charge in [0.15, 0.2) is 5.65 Å². The summed E-state index contributed by atoms with van der Waals surface area (Å²) >= 11 is 0. The molecule has 0 saturated heterocycles. The van der Waals surface area contributed by atoms with Crippen molar-refractivity contribution in [1.82, 2.24) is 8.96 Å². The van der Waals surface area contributed by atoms with Crippen molar-refractivity contribution < 1.29 is 12.6 Å². The standard InChI is InChI=1S/C19H21N3O3S2/c1-4-14(2)26(23)21-15(3)18-11-10-16-12-13-22(19(16)20-18)27(24,25)17-8-6-5-7-9-17/h5-14H,4H2,1-3H3/b21-15+/t14-,26?/m0/s1. The molecule has 0 N–H and O–H groups in total. The highest BCUT2D eigenvalue weighted by Crippen LogP contribution is 2.21. The van der Waals surface area contributed by atoms with Crippen LogP contribution in [0.5, 0.6) is 0 Å². The molecule has 27 heavy (non-hydrogen) atoms. The summed E-state index contributed by atoms with van der Waals surface area (Å²) in [6.07, 6.45) is 2.25. The molecule has 0 spiro atoms. The second-order valence-corrected chi connectivity index (χ2v) is 9.57. The number of rotatable bonds is 6. The first kappa shape index (κ1) is 19.4. The van der Waals surface area contributed by atoms with Gasteiger partial charge in [0.25, 0.3) is 10.0 Å². The fourth-order valence-electron chi connectivity index (χ4n) is 2.50. The van der Waals surface area contributed by atoms with Crippen LogP contribution in [0.25, 0.3) is 11.0 Å². The maximum absolute atomic E-state index is 12.9. The summed E-state index contributed by atoms with van der Waals surface area (Å²) in [4.78, 5) is 4.68. The van der Waals surface area contributed by atoms with Gasteiger partial charge >= 0.3 is 0 Å². The van der Waals surface area contributed by atoms with Crippen molar-refractivity contribution in [3.63, 3.8) is 0 Å². The van der Waals surface area contributed by atoms with Crippen molar-refractivity contribution in [2.24, 2.45) is 4.40 Å². The fraction of sp³-hybridized carbons (Fsp3) is 0.263. The molecule has 8 heteroatoms. The number of hydrogen-bond donors (Lipinski definition) is 0. The zero-order valence-corrected chi connectivity index (χ0v) is 17.0. The van der Waals surface area contributed by atoms with E-state index in [0.717, 1.165) is 6.42 Å². The topological polar surface area (TPSA) is 81.4 Å². The molecule has 0 aliphatic rings. The minimum absolute atomic E-state index is 0.0500. The lowest BCUT2D eigenvalue weighted by molar-refractivity contribution is 0.588. The fourth-order valence-corrected chi connectivity index (χ4v) is 4.65. The lowest BCUT2D eigenvalue weighted by atomic mass is 10.2. The van der Waals surface area contributed by atoms with E-state index in [9.17, 15) is 12.6 Å². The first-order chi connectivity index (χ1) is 12.8. The summed E-state index contributed by atoms with van der Waals surface area (Å²) in [5.41, 5.74) is 1.34. The SMILES string of the molecule is CC[C@H](C)S(=O)/N=C(\C)c1ccc2ccn(S(=O)(=O)c3ccccc3)c2n1. The van der Waals surface area contributed by atoms with Gasteiger partial charge in [-0.1, -0.05) is 25.1 Å². The molecule has 3 aromatic rings. The van der Waals surface area contributed by atoms with E-state index in [2.05, 4.69) is 9.38 Å². The van der Waals surface area contributed by atoms with Gasteiger partial charge in [-0.2, -0.15) is 4.40 Å². The normalized spacial score (nSPS) is 15.0. The molecule has 2 aromatic heterocycles.